The molecule has 1 aromatic heterocycles. The van der Waals surface area contributed by atoms with Crippen LogP contribution in [0.15, 0.2) is 23.1 Å². The molecule has 1 aromatic rings. The Bertz CT molecular complexity index is 892. The summed E-state index contributed by atoms with van der Waals surface area (Å²) in [4.78, 5) is 36.2. The first-order chi connectivity index (χ1) is 13.2. The Hall–Kier alpha value is -2.06. The van der Waals surface area contributed by atoms with Crippen molar-refractivity contribution in [2.45, 2.75) is 51.0 Å². The van der Waals surface area contributed by atoms with E-state index in [4.69, 9.17) is 11.6 Å². The molecule has 5 nitrogen and oxygen atoms in total. The van der Waals surface area contributed by atoms with Crippen LogP contribution in [0.25, 0.3) is 5.03 Å². The van der Waals surface area contributed by atoms with Crippen molar-refractivity contribution < 1.29 is 23.2 Å². The number of rotatable bonds is 4. The van der Waals surface area contributed by atoms with E-state index in [1.807, 2.05) is 0 Å². The summed E-state index contributed by atoms with van der Waals surface area (Å²) in [5.41, 5.74) is 1.11. The smallest absolute Gasteiger partial charge is 0.272 e. The van der Waals surface area contributed by atoms with Gasteiger partial charge in [-0.1, -0.05) is 24.6 Å². The van der Waals surface area contributed by atoms with Crippen molar-refractivity contribution in [3.63, 3.8) is 0 Å². The molecule has 3 rings (SSSR count). The molecule has 1 aliphatic carbocycles. The highest BCUT2D eigenvalue weighted by atomic mass is 35.5. The molecule has 3 amide bonds. The van der Waals surface area contributed by atoms with Crippen LogP contribution in [0, 0.1) is 0 Å². The van der Waals surface area contributed by atoms with Crippen LogP contribution in [0.2, 0.25) is 0 Å². The van der Waals surface area contributed by atoms with Gasteiger partial charge < -0.3 is 5.32 Å². The molecule has 0 saturated carbocycles. The number of allylic oxidation sites excluding steroid dienone is 3. The second-order valence-electron chi connectivity index (χ2n) is 6.68. The van der Waals surface area contributed by atoms with Gasteiger partial charge in [-0.25, -0.2) is 8.78 Å². The molecule has 0 bridgehead atoms. The van der Waals surface area contributed by atoms with Gasteiger partial charge in [0, 0.05) is 34.4 Å². The average molecular weight is 429 g/mol. The van der Waals surface area contributed by atoms with Gasteiger partial charge in [0.15, 0.2) is 0 Å². The Morgan fingerprint density at radius 1 is 1.39 bits per heavy atom. The van der Waals surface area contributed by atoms with Crippen LogP contribution in [0.3, 0.4) is 0 Å². The zero-order chi connectivity index (χ0) is 20.5. The van der Waals surface area contributed by atoms with E-state index >= 15 is 0 Å². The first kappa shape index (κ1) is 20.7. The number of amides is 3. The van der Waals surface area contributed by atoms with Crippen LogP contribution in [0.5, 0.6) is 0 Å². The Morgan fingerprint density at radius 3 is 2.82 bits per heavy atom. The van der Waals surface area contributed by atoms with Crippen LogP contribution >= 0.6 is 22.9 Å². The minimum absolute atomic E-state index is 0.119. The number of nitrogens with one attached hydrogen (secondary N) is 2. The molecule has 1 saturated heterocycles. The minimum atomic E-state index is -2.96. The zero-order valence-electron chi connectivity index (χ0n) is 15.1. The lowest BCUT2D eigenvalue weighted by molar-refractivity contribution is -0.134. The van der Waals surface area contributed by atoms with E-state index in [0.717, 1.165) is 11.3 Å². The molecular formula is C19H19ClF2N2O3S. The number of thiophene rings is 1. The number of piperidine rings is 1. The van der Waals surface area contributed by atoms with Crippen LogP contribution in [-0.2, 0) is 16.0 Å². The molecular weight excluding hydrogens is 410 g/mol. The van der Waals surface area contributed by atoms with E-state index in [2.05, 4.69) is 10.6 Å². The van der Waals surface area contributed by atoms with Gasteiger partial charge in [0.2, 0.25) is 11.8 Å². The Labute approximate surface area is 169 Å². The highest BCUT2D eigenvalue weighted by Crippen LogP contribution is 2.38. The van der Waals surface area contributed by atoms with Crippen LogP contribution < -0.4 is 10.6 Å². The van der Waals surface area contributed by atoms with Crippen molar-refractivity contribution in [3.05, 3.63) is 39.1 Å². The zero-order valence-corrected chi connectivity index (χ0v) is 16.7. The van der Waals surface area contributed by atoms with Crippen molar-refractivity contribution in [1.29, 1.82) is 0 Å². The molecule has 2 N–H and O–H groups in total. The summed E-state index contributed by atoms with van der Waals surface area (Å²) in [7, 11) is 0. The lowest BCUT2D eigenvalue weighted by Gasteiger charge is -2.22. The first-order valence-electron chi connectivity index (χ1n) is 8.94. The van der Waals surface area contributed by atoms with E-state index in [0.29, 0.717) is 28.8 Å². The first-order valence-corrected chi connectivity index (χ1v) is 10.2. The number of hydrogen-bond donors (Lipinski definition) is 2. The van der Waals surface area contributed by atoms with E-state index in [9.17, 15) is 23.2 Å². The van der Waals surface area contributed by atoms with Gasteiger partial charge >= 0.3 is 0 Å². The van der Waals surface area contributed by atoms with E-state index in [-0.39, 0.29) is 35.8 Å². The maximum absolute atomic E-state index is 14.1. The van der Waals surface area contributed by atoms with Crippen molar-refractivity contribution >= 4 is 45.7 Å². The largest absolute Gasteiger partial charge is 0.340 e. The Kier molecular flexibility index (Phi) is 6.00. The van der Waals surface area contributed by atoms with Crippen LogP contribution in [0.4, 0.5) is 8.78 Å². The maximum Gasteiger partial charge on any atom is 0.272 e. The number of imide groups is 1. The molecule has 0 spiro atoms. The Balaban J connectivity index is 1.83. The van der Waals surface area contributed by atoms with Crippen LogP contribution in [-0.4, -0.2) is 29.7 Å². The lowest BCUT2D eigenvalue weighted by atomic mass is 9.96. The molecule has 150 valence electrons. The number of alkyl halides is 2. The standard InChI is InChI=1S/C19H19ClF2N2O3S/c1-2-19(21,22)10-4-3-5-11-12(13(20)8-10)9-28-16(11)18(27)23-14-6-7-15(25)24-17(14)26/h4,8-9,14H,2-3,5-7H2,1H3,(H,23,27)(H,24,25,26). The maximum atomic E-state index is 14.1. The fourth-order valence-electron chi connectivity index (χ4n) is 3.18. The van der Waals surface area contributed by atoms with Crippen molar-refractivity contribution in [2.24, 2.45) is 0 Å². The monoisotopic (exact) mass is 428 g/mol. The van der Waals surface area contributed by atoms with E-state index < -0.39 is 23.8 Å². The summed E-state index contributed by atoms with van der Waals surface area (Å²) in [6.07, 6.45) is 3.51. The van der Waals surface area contributed by atoms with Crippen molar-refractivity contribution in [3.8, 4) is 0 Å². The van der Waals surface area contributed by atoms with E-state index in [1.165, 1.54) is 19.1 Å². The fraction of sp³-hybridized carbons (Fsp3) is 0.421. The third-order valence-corrected chi connectivity index (χ3v) is 6.14. The molecule has 1 fully saturated rings. The minimum Gasteiger partial charge on any atom is -0.340 e. The summed E-state index contributed by atoms with van der Waals surface area (Å²) < 4.78 is 28.1. The molecule has 1 atom stereocenters. The predicted octanol–water partition coefficient (Wildman–Crippen LogP) is 3.78. The summed E-state index contributed by atoms with van der Waals surface area (Å²) in [6.45, 7) is 1.41. The SMILES string of the molecule is CCC(F)(F)C1=CCCc2c(csc2C(=O)NC2CCC(=O)NC2=O)C(Cl)=C1. The predicted molar refractivity (Wildman–Crippen MR) is 103 cm³/mol. The molecule has 1 aliphatic heterocycles. The Morgan fingerprint density at radius 2 is 2.14 bits per heavy atom. The van der Waals surface area contributed by atoms with Gasteiger partial charge in [0.1, 0.15) is 6.04 Å². The molecule has 0 aromatic carbocycles. The summed E-state index contributed by atoms with van der Waals surface area (Å²) in [5.74, 6) is -4.29. The summed E-state index contributed by atoms with van der Waals surface area (Å²) >= 11 is 7.45. The second kappa shape index (κ2) is 8.13. The number of halogens is 3. The topological polar surface area (TPSA) is 75.3 Å². The number of hydrogen-bond acceptors (Lipinski definition) is 4. The summed E-state index contributed by atoms with van der Waals surface area (Å²) in [6, 6.07) is -0.780. The highest BCUT2D eigenvalue weighted by molar-refractivity contribution is 7.12. The molecule has 0 radical (unpaired) electrons. The number of fused-ring (bicyclic) bond motifs is 1. The molecule has 28 heavy (non-hydrogen) atoms. The fourth-order valence-corrected chi connectivity index (χ4v) is 4.56. The van der Waals surface area contributed by atoms with Crippen LogP contribution in [0.1, 0.15) is 53.4 Å². The normalized spacial score (nSPS) is 20.4. The molecule has 1 unspecified atom stereocenters. The molecule has 2 aliphatic rings. The highest BCUT2D eigenvalue weighted by Gasteiger charge is 2.33. The van der Waals surface area contributed by atoms with Gasteiger partial charge in [-0.3, -0.25) is 19.7 Å². The molecule has 2 heterocycles. The van der Waals surface area contributed by atoms with E-state index in [1.54, 1.807) is 5.38 Å². The average Bonchev–Trinajstić information content (AvgIpc) is 3.05. The van der Waals surface area contributed by atoms with Gasteiger partial charge in [-0.15, -0.1) is 11.3 Å². The molecule has 9 heteroatoms. The number of carbonyl (C=O) groups excluding carboxylic acids is 3. The van der Waals surface area contributed by atoms with Crippen molar-refractivity contribution in [1.82, 2.24) is 10.6 Å². The lowest BCUT2D eigenvalue weighted by Crippen LogP contribution is -2.52. The van der Waals surface area contributed by atoms with Crippen molar-refractivity contribution in [2.75, 3.05) is 0 Å². The third kappa shape index (κ3) is 4.17. The number of carbonyl (C=O) groups is 3. The second-order valence-corrected chi connectivity index (χ2v) is 7.97. The van der Waals surface area contributed by atoms with Gasteiger partial charge in [0.25, 0.3) is 11.8 Å². The van der Waals surface area contributed by atoms with Gasteiger partial charge in [-0.2, -0.15) is 0 Å². The van der Waals surface area contributed by atoms with Gasteiger partial charge in [-0.05, 0) is 30.9 Å². The van der Waals surface area contributed by atoms with Gasteiger partial charge in [0.05, 0.1) is 4.88 Å². The third-order valence-electron chi connectivity index (χ3n) is 4.81. The summed E-state index contributed by atoms with van der Waals surface area (Å²) in [5, 5.41) is 6.66. The quantitative estimate of drug-likeness (QED) is 0.716.